The first-order chi connectivity index (χ1) is 25.7. The maximum atomic E-state index is 6.77. The Morgan fingerprint density at radius 1 is 0.385 bits per heavy atom. The lowest BCUT2D eigenvalue weighted by molar-refractivity contribution is 1.35. The van der Waals surface area contributed by atoms with Crippen molar-refractivity contribution in [1.82, 2.24) is 9.97 Å². The molecule has 0 amide bonds. The molecule has 0 saturated heterocycles. The summed E-state index contributed by atoms with van der Waals surface area (Å²) in [5.41, 5.74) is 5.23. The summed E-state index contributed by atoms with van der Waals surface area (Å²) in [6, 6.07) is 60.2. The minimum absolute atomic E-state index is 0.971. The first kappa shape index (κ1) is 30.8. The van der Waals surface area contributed by atoms with Crippen molar-refractivity contribution < 1.29 is 0 Å². The maximum Gasteiger partial charge on any atom is 0.0801 e. The van der Waals surface area contributed by atoms with Gasteiger partial charge in [-0.3, -0.25) is 4.98 Å². The number of hydrogen-bond acceptors (Lipinski definition) is 3. The van der Waals surface area contributed by atoms with E-state index < -0.39 is 6.04 Å². The van der Waals surface area contributed by atoms with Gasteiger partial charge in [0.2, 0.25) is 0 Å². The van der Waals surface area contributed by atoms with Gasteiger partial charge in [-0.1, -0.05) is 176 Å². The van der Waals surface area contributed by atoms with Gasteiger partial charge in [-0.05, 0) is 55.2 Å². The molecule has 2 aromatic heterocycles. The normalized spacial score (nSPS) is 11.9. The Bertz CT molecular complexity index is 2990. The van der Waals surface area contributed by atoms with Gasteiger partial charge in [0.25, 0.3) is 0 Å². The fourth-order valence-electron chi connectivity index (χ4n) is 8.02. The molecule has 10 aromatic rings. The average molecular weight is 699 g/mol. The Balaban J connectivity index is 1.34. The summed E-state index contributed by atoms with van der Waals surface area (Å²) >= 11 is 6.77. The molecule has 0 atom stereocenters. The predicted molar refractivity (Wildman–Crippen MR) is 227 cm³/mol. The van der Waals surface area contributed by atoms with Crippen molar-refractivity contribution in [2.24, 2.45) is 0 Å². The van der Waals surface area contributed by atoms with Gasteiger partial charge in [0.1, 0.15) is 0 Å². The smallest absolute Gasteiger partial charge is 0.0801 e. The Labute approximate surface area is 307 Å². The molecule has 2 heterocycles. The van der Waals surface area contributed by atoms with Gasteiger partial charge in [-0.2, -0.15) is 0 Å². The van der Waals surface area contributed by atoms with Crippen LogP contribution in [0.3, 0.4) is 0 Å². The SMILES string of the molecule is S=P(c1ccccc1)(c1ccccc1)c1cncc(-c2cc3c(-c4ccccc4)nc4c5ccccc5c5ccccc5c4c3c3ccccc23)c1. The van der Waals surface area contributed by atoms with Crippen LogP contribution >= 0.6 is 6.04 Å². The molecular formula is C48H31N2PS. The van der Waals surface area contributed by atoms with Gasteiger partial charge < -0.3 is 0 Å². The van der Waals surface area contributed by atoms with Crippen LogP contribution < -0.4 is 15.9 Å². The molecule has 0 aliphatic heterocycles. The molecule has 0 spiro atoms. The van der Waals surface area contributed by atoms with E-state index >= 15 is 0 Å². The van der Waals surface area contributed by atoms with Gasteiger partial charge >= 0.3 is 0 Å². The summed E-state index contributed by atoms with van der Waals surface area (Å²) in [7, 11) is 0. The van der Waals surface area contributed by atoms with E-state index in [0.717, 1.165) is 54.6 Å². The highest BCUT2D eigenvalue weighted by Gasteiger charge is 2.26. The molecule has 0 radical (unpaired) electrons. The molecule has 0 bridgehead atoms. The van der Waals surface area contributed by atoms with E-state index in [1.807, 2.05) is 12.4 Å². The van der Waals surface area contributed by atoms with Crippen LogP contribution in [0.25, 0.3) is 76.4 Å². The number of hydrogen-bond donors (Lipinski definition) is 0. The zero-order valence-corrected chi connectivity index (χ0v) is 29.9. The first-order valence-corrected chi connectivity index (χ1v) is 20.3. The third kappa shape index (κ3) is 4.74. The van der Waals surface area contributed by atoms with Crippen LogP contribution in [0.5, 0.6) is 0 Å². The summed E-state index contributed by atoms with van der Waals surface area (Å²) < 4.78 is 0. The van der Waals surface area contributed by atoms with Crippen molar-refractivity contribution >= 4 is 87.8 Å². The molecule has 0 aliphatic rings. The summed E-state index contributed by atoms with van der Waals surface area (Å²) in [6.45, 7) is 0. The number of nitrogens with zero attached hydrogens (tertiary/aromatic N) is 2. The number of fused-ring (bicyclic) bond motifs is 10. The van der Waals surface area contributed by atoms with E-state index in [1.165, 1.54) is 37.7 Å². The molecule has 8 aromatic carbocycles. The lowest BCUT2D eigenvalue weighted by Crippen LogP contribution is -2.25. The number of benzene rings is 8. The van der Waals surface area contributed by atoms with Crippen molar-refractivity contribution in [3.63, 3.8) is 0 Å². The zero-order valence-electron chi connectivity index (χ0n) is 28.1. The molecule has 0 aliphatic carbocycles. The quantitative estimate of drug-likeness (QED) is 0.132. The van der Waals surface area contributed by atoms with Crippen LogP contribution in [0.2, 0.25) is 0 Å². The molecule has 0 saturated carbocycles. The zero-order chi connectivity index (χ0) is 34.6. The fourth-order valence-corrected chi connectivity index (χ4v) is 11.7. The second-order valence-electron chi connectivity index (χ2n) is 13.2. The van der Waals surface area contributed by atoms with E-state index in [9.17, 15) is 0 Å². The monoisotopic (exact) mass is 698 g/mol. The minimum atomic E-state index is -2.41. The standard InChI is InChI=1S/C48H31N2PS/c52-51(34-18-6-2-7-19-34,35-20-8-3-9-21-35)36-28-33(30-49-31-36)43-29-44-45(40-25-13-11-24-39(40)43)46-41-26-14-10-22-37(41)38-23-12-15-27-42(38)48(46)50-47(44)32-16-4-1-5-17-32/h1-31H. The molecule has 0 fully saturated rings. The van der Waals surface area contributed by atoms with Crippen LogP contribution in [0.15, 0.2) is 188 Å². The average Bonchev–Trinajstić information content (AvgIpc) is 3.23. The molecule has 52 heavy (non-hydrogen) atoms. The predicted octanol–water partition coefficient (Wildman–Crippen LogP) is 11.3. The summed E-state index contributed by atoms with van der Waals surface area (Å²) in [4.78, 5) is 10.5. The number of aromatic nitrogens is 2. The summed E-state index contributed by atoms with van der Waals surface area (Å²) in [5.74, 6) is 0. The molecular weight excluding hydrogens is 668 g/mol. The summed E-state index contributed by atoms with van der Waals surface area (Å²) in [6.07, 6.45) is 3.97. The van der Waals surface area contributed by atoms with Crippen LogP contribution in [-0.4, -0.2) is 9.97 Å². The van der Waals surface area contributed by atoms with Crippen LogP contribution in [0.4, 0.5) is 0 Å². The molecule has 10 rings (SSSR count). The van der Waals surface area contributed by atoms with Crippen molar-refractivity contribution in [1.29, 1.82) is 0 Å². The lowest BCUT2D eigenvalue weighted by atomic mass is 9.87. The first-order valence-electron chi connectivity index (χ1n) is 17.5. The lowest BCUT2D eigenvalue weighted by Gasteiger charge is -2.24. The number of rotatable bonds is 5. The van der Waals surface area contributed by atoms with E-state index in [1.54, 1.807) is 0 Å². The van der Waals surface area contributed by atoms with Crippen LogP contribution in [0.1, 0.15) is 0 Å². The van der Waals surface area contributed by atoms with Gasteiger partial charge in [0.05, 0.1) is 11.2 Å². The van der Waals surface area contributed by atoms with Gasteiger partial charge in [0, 0.05) is 56.4 Å². The van der Waals surface area contributed by atoms with Crippen molar-refractivity contribution in [3.8, 4) is 22.4 Å². The second kappa shape index (κ2) is 12.4. The van der Waals surface area contributed by atoms with Crippen molar-refractivity contribution in [2.75, 3.05) is 0 Å². The minimum Gasteiger partial charge on any atom is -0.263 e. The van der Waals surface area contributed by atoms with E-state index in [2.05, 4.69) is 176 Å². The highest BCUT2D eigenvalue weighted by molar-refractivity contribution is 8.25. The topological polar surface area (TPSA) is 25.8 Å². The van der Waals surface area contributed by atoms with Gasteiger partial charge in [-0.15, -0.1) is 0 Å². The second-order valence-corrected chi connectivity index (χ2v) is 17.7. The Kier molecular flexibility index (Phi) is 7.32. The largest absolute Gasteiger partial charge is 0.263 e. The molecule has 244 valence electrons. The third-order valence-electron chi connectivity index (χ3n) is 10.4. The third-order valence-corrected chi connectivity index (χ3v) is 15.3. The van der Waals surface area contributed by atoms with Crippen molar-refractivity contribution in [3.05, 3.63) is 188 Å². The van der Waals surface area contributed by atoms with E-state index in [0.29, 0.717) is 0 Å². The van der Waals surface area contributed by atoms with Crippen LogP contribution in [-0.2, 0) is 11.8 Å². The molecule has 0 N–H and O–H groups in total. The molecule has 0 unspecified atom stereocenters. The van der Waals surface area contributed by atoms with E-state index in [4.69, 9.17) is 21.8 Å². The summed E-state index contributed by atoms with van der Waals surface area (Å²) in [5, 5.41) is 14.1. The van der Waals surface area contributed by atoms with Gasteiger partial charge in [0.15, 0.2) is 0 Å². The van der Waals surface area contributed by atoms with E-state index in [-0.39, 0.29) is 0 Å². The Hall–Kier alpha value is -5.99. The molecule has 4 heteroatoms. The van der Waals surface area contributed by atoms with Gasteiger partial charge in [-0.25, -0.2) is 4.98 Å². The Morgan fingerprint density at radius 2 is 0.885 bits per heavy atom. The van der Waals surface area contributed by atoms with Crippen LogP contribution in [0, 0.1) is 0 Å². The number of pyridine rings is 2. The van der Waals surface area contributed by atoms with Crippen molar-refractivity contribution in [2.45, 2.75) is 0 Å². The maximum absolute atomic E-state index is 6.77. The fraction of sp³-hybridized carbons (Fsp3) is 0. The Morgan fingerprint density at radius 3 is 1.52 bits per heavy atom. The molecule has 2 nitrogen and oxygen atoms in total. The highest BCUT2D eigenvalue weighted by atomic mass is 32.4. The highest BCUT2D eigenvalue weighted by Crippen LogP contribution is 2.47.